The Morgan fingerprint density at radius 3 is 2.09 bits per heavy atom. The lowest BCUT2D eigenvalue weighted by Crippen LogP contribution is -2.71. The SMILES string of the molecule is NC1CC(O)(C(=O)N[C@@H]2C[C@H](N)C(O[C@H]3O[C@H](CNCC(O)CO)[C@@H](O)[C@H](O)[C@H]3N)[C@H](O)[C@H]2O[C@H]2O[C@H](CO)[C@@H](O)[C@H](N)[C@H]2O)C1. The van der Waals surface area contributed by atoms with E-state index in [1.54, 1.807) is 0 Å². The molecule has 46 heavy (non-hydrogen) atoms. The topological polar surface area (TPSA) is 364 Å². The Balaban J connectivity index is 1.53. The van der Waals surface area contributed by atoms with Crippen LogP contribution in [0.15, 0.2) is 0 Å². The Bertz CT molecular complexity index is 999. The van der Waals surface area contributed by atoms with Crippen LogP contribution in [0.25, 0.3) is 0 Å². The predicted molar refractivity (Wildman–Crippen MR) is 153 cm³/mol. The largest absolute Gasteiger partial charge is 0.394 e. The fraction of sp³-hybridized carbons (Fsp3) is 0.962. The van der Waals surface area contributed by atoms with E-state index in [1.165, 1.54) is 0 Å². The fourth-order valence-electron chi connectivity index (χ4n) is 6.27. The molecule has 19 N–H and O–H groups in total. The molecule has 0 aromatic heterocycles. The van der Waals surface area contributed by atoms with Gasteiger partial charge in [-0.05, 0) is 6.42 Å². The molecule has 0 aromatic carbocycles. The Kier molecular flexibility index (Phi) is 12.7. The number of nitrogens with one attached hydrogen (secondary N) is 2. The summed E-state index contributed by atoms with van der Waals surface area (Å²) >= 11 is 0. The van der Waals surface area contributed by atoms with E-state index in [0.717, 1.165) is 0 Å². The molecule has 2 aliphatic heterocycles. The summed E-state index contributed by atoms with van der Waals surface area (Å²) in [5, 5.41) is 98.0. The van der Waals surface area contributed by atoms with E-state index < -0.39 is 123 Å². The molecule has 16 atom stereocenters. The van der Waals surface area contributed by atoms with E-state index in [0.29, 0.717) is 0 Å². The highest BCUT2D eigenvalue weighted by molar-refractivity contribution is 5.86. The zero-order chi connectivity index (χ0) is 34.1. The molecule has 0 spiro atoms. The number of nitrogens with two attached hydrogens (primary N) is 4. The third-order valence-corrected chi connectivity index (χ3v) is 9.16. The minimum atomic E-state index is -1.77. The summed E-state index contributed by atoms with van der Waals surface area (Å²) in [6.45, 7) is -1.34. The Morgan fingerprint density at radius 1 is 0.848 bits per heavy atom. The number of hydrogen-bond acceptors (Lipinski definition) is 19. The summed E-state index contributed by atoms with van der Waals surface area (Å²) in [7, 11) is 0. The highest BCUT2D eigenvalue weighted by atomic mass is 16.7. The van der Waals surface area contributed by atoms with Crippen molar-refractivity contribution in [3.05, 3.63) is 0 Å². The van der Waals surface area contributed by atoms with E-state index in [-0.39, 0.29) is 38.4 Å². The van der Waals surface area contributed by atoms with Gasteiger partial charge in [-0.3, -0.25) is 4.79 Å². The van der Waals surface area contributed by atoms with Crippen molar-refractivity contribution in [2.45, 2.75) is 129 Å². The van der Waals surface area contributed by atoms with Crippen LogP contribution in [-0.2, 0) is 23.7 Å². The van der Waals surface area contributed by atoms with Gasteiger partial charge in [-0.2, -0.15) is 0 Å². The van der Waals surface area contributed by atoms with Crippen molar-refractivity contribution in [1.82, 2.24) is 10.6 Å². The molecule has 20 heteroatoms. The van der Waals surface area contributed by atoms with Crippen LogP contribution >= 0.6 is 0 Å². The zero-order valence-electron chi connectivity index (χ0n) is 25.1. The van der Waals surface area contributed by atoms with Gasteiger partial charge in [0.25, 0.3) is 5.91 Å². The molecule has 20 nitrogen and oxygen atoms in total. The number of hydrogen-bond donors (Lipinski definition) is 15. The first-order valence-corrected chi connectivity index (χ1v) is 15.3. The van der Waals surface area contributed by atoms with E-state index in [2.05, 4.69) is 10.6 Å². The van der Waals surface area contributed by atoms with E-state index in [9.17, 15) is 45.6 Å². The third kappa shape index (κ3) is 7.96. The van der Waals surface area contributed by atoms with Crippen LogP contribution in [0.3, 0.4) is 0 Å². The molecule has 1 amide bonds. The molecule has 2 heterocycles. The molecule has 2 aliphatic carbocycles. The molecule has 0 radical (unpaired) electrons. The second-order valence-corrected chi connectivity index (χ2v) is 12.8. The fourth-order valence-corrected chi connectivity index (χ4v) is 6.27. The molecule has 4 fully saturated rings. The van der Waals surface area contributed by atoms with Crippen molar-refractivity contribution in [1.29, 1.82) is 0 Å². The van der Waals surface area contributed by atoms with Crippen LogP contribution in [0, 0.1) is 0 Å². The lowest BCUT2D eigenvalue weighted by molar-refractivity contribution is -0.320. The maximum absolute atomic E-state index is 13.0. The van der Waals surface area contributed by atoms with Crippen LogP contribution in [0.4, 0.5) is 0 Å². The van der Waals surface area contributed by atoms with E-state index in [4.69, 9.17) is 47.0 Å². The van der Waals surface area contributed by atoms with Gasteiger partial charge >= 0.3 is 0 Å². The van der Waals surface area contributed by atoms with Crippen molar-refractivity contribution < 1.29 is 69.7 Å². The molecule has 268 valence electrons. The van der Waals surface area contributed by atoms with Gasteiger partial charge in [0.1, 0.15) is 60.5 Å². The van der Waals surface area contributed by atoms with Crippen molar-refractivity contribution in [3.8, 4) is 0 Å². The standard InChI is InChI=1S/C26H50N6O14/c27-8-2-26(42,3-8)25(41)32-11-1-10(28)21(20(40)22(11)46-24-19(39)14(29)16(36)13(7-34)44-24)45-23-15(30)18(38)17(37)12(43-23)5-31-4-9(35)6-33/h8-24,31,33-40,42H,1-7,27-30H2,(H,32,41)/t8?,9?,10-,11+,12+,13+,14-,15+,16+,17+,18+,19+,20-,21?,22-,23+,24+,26?/m0/s1. The quantitative estimate of drug-likeness (QED) is 0.0916. The van der Waals surface area contributed by atoms with Gasteiger partial charge in [0, 0.05) is 38.0 Å². The van der Waals surface area contributed by atoms with Crippen LogP contribution < -0.4 is 33.6 Å². The monoisotopic (exact) mass is 670 g/mol. The molecule has 4 rings (SSSR count). The van der Waals surface area contributed by atoms with Crippen LogP contribution in [0.1, 0.15) is 19.3 Å². The van der Waals surface area contributed by atoms with Gasteiger partial charge in [-0.25, -0.2) is 0 Å². The maximum atomic E-state index is 13.0. The number of aliphatic hydroxyl groups excluding tert-OH is 8. The van der Waals surface area contributed by atoms with Crippen molar-refractivity contribution in [2.24, 2.45) is 22.9 Å². The van der Waals surface area contributed by atoms with E-state index in [1.807, 2.05) is 0 Å². The minimum absolute atomic E-state index is 0.00708. The van der Waals surface area contributed by atoms with Crippen molar-refractivity contribution in [3.63, 3.8) is 0 Å². The molecular weight excluding hydrogens is 620 g/mol. The number of carbonyl (C=O) groups is 1. The second kappa shape index (κ2) is 15.5. The lowest BCUT2D eigenvalue weighted by atomic mass is 9.75. The Hall–Kier alpha value is -1.25. The summed E-state index contributed by atoms with van der Waals surface area (Å²) in [5.74, 6) is -0.798. The molecule has 2 saturated heterocycles. The van der Waals surface area contributed by atoms with Gasteiger partial charge in [-0.15, -0.1) is 0 Å². The van der Waals surface area contributed by atoms with E-state index >= 15 is 0 Å². The lowest BCUT2D eigenvalue weighted by Gasteiger charge is -2.49. The first kappa shape index (κ1) is 37.6. The number of carbonyl (C=O) groups excluding carboxylic acids is 1. The molecule has 0 bridgehead atoms. The van der Waals surface area contributed by atoms with Gasteiger partial charge in [0.2, 0.25) is 0 Å². The first-order chi connectivity index (χ1) is 21.6. The average Bonchev–Trinajstić information content (AvgIpc) is 3.00. The second-order valence-electron chi connectivity index (χ2n) is 12.8. The normalized spacial score (nSPS) is 48.8. The third-order valence-electron chi connectivity index (χ3n) is 9.16. The summed E-state index contributed by atoms with van der Waals surface area (Å²) in [4.78, 5) is 13.0. The van der Waals surface area contributed by atoms with Gasteiger partial charge in [-0.1, -0.05) is 0 Å². The van der Waals surface area contributed by atoms with Gasteiger partial charge in [0.15, 0.2) is 12.6 Å². The number of rotatable bonds is 12. The Labute approximate surface area is 264 Å². The Morgan fingerprint density at radius 2 is 1.48 bits per heavy atom. The van der Waals surface area contributed by atoms with Gasteiger partial charge in [0.05, 0.1) is 37.4 Å². The number of ether oxygens (including phenoxy) is 4. The summed E-state index contributed by atoms with van der Waals surface area (Å²) in [5.41, 5.74) is 22.4. The smallest absolute Gasteiger partial charge is 0.252 e. The maximum Gasteiger partial charge on any atom is 0.252 e. The minimum Gasteiger partial charge on any atom is -0.394 e. The molecule has 2 unspecified atom stereocenters. The van der Waals surface area contributed by atoms with Gasteiger partial charge < -0.3 is 98.5 Å². The number of aliphatic hydroxyl groups is 9. The average molecular weight is 671 g/mol. The first-order valence-electron chi connectivity index (χ1n) is 15.3. The van der Waals surface area contributed by atoms with Crippen molar-refractivity contribution >= 4 is 5.91 Å². The molecule has 2 saturated carbocycles. The molecular formula is C26H50N6O14. The summed E-state index contributed by atoms with van der Waals surface area (Å²) in [6.07, 6.45) is -17.3. The summed E-state index contributed by atoms with van der Waals surface area (Å²) in [6, 6.07) is -5.17. The highest BCUT2D eigenvalue weighted by Crippen LogP contribution is 2.34. The van der Waals surface area contributed by atoms with Crippen molar-refractivity contribution in [2.75, 3.05) is 26.3 Å². The van der Waals surface area contributed by atoms with Crippen LogP contribution in [0.5, 0.6) is 0 Å². The summed E-state index contributed by atoms with van der Waals surface area (Å²) < 4.78 is 23.3. The molecule has 0 aromatic rings. The van der Waals surface area contributed by atoms with Crippen LogP contribution in [0.2, 0.25) is 0 Å². The van der Waals surface area contributed by atoms with Crippen LogP contribution in [-0.4, -0.2) is 188 Å². The predicted octanol–water partition coefficient (Wildman–Crippen LogP) is -9.33. The highest BCUT2D eigenvalue weighted by Gasteiger charge is 2.54. The zero-order valence-corrected chi connectivity index (χ0v) is 25.1. The number of amides is 1. The molecule has 4 aliphatic rings.